The predicted molar refractivity (Wildman–Crippen MR) is 75.5 cm³/mol. The average Bonchev–Trinajstić information content (AvgIpc) is 2.37. The molecule has 1 aromatic rings. The van der Waals surface area contributed by atoms with Crippen LogP contribution in [-0.2, 0) is 21.2 Å². The molecule has 0 aliphatic carbocycles. The van der Waals surface area contributed by atoms with E-state index < -0.39 is 10.0 Å². The molecule has 5 nitrogen and oxygen atoms in total. The average molecular weight is 286 g/mol. The molecule has 0 saturated heterocycles. The molecule has 0 aromatic heterocycles. The lowest BCUT2D eigenvalue weighted by molar-refractivity contribution is 0.133. The first-order chi connectivity index (χ1) is 8.99. The Hall–Kier alpha value is -0.950. The predicted octanol–water partition coefficient (Wildman–Crippen LogP) is 0.891. The van der Waals surface area contributed by atoms with Gasteiger partial charge < -0.3 is 10.5 Å². The number of ether oxygens (including phenoxy) is 1. The monoisotopic (exact) mass is 286 g/mol. The number of hydrogen-bond donors (Lipinski definition) is 2. The van der Waals surface area contributed by atoms with Crippen molar-refractivity contribution in [1.82, 2.24) is 4.72 Å². The molecular weight excluding hydrogens is 264 g/mol. The Morgan fingerprint density at radius 2 is 1.95 bits per heavy atom. The van der Waals surface area contributed by atoms with E-state index in [1.54, 1.807) is 31.2 Å². The molecule has 1 unspecified atom stereocenters. The van der Waals surface area contributed by atoms with Gasteiger partial charge in [0, 0.05) is 12.6 Å². The first-order valence-corrected chi connectivity index (χ1v) is 7.87. The minimum Gasteiger partial charge on any atom is -0.380 e. The third-order valence-electron chi connectivity index (χ3n) is 2.59. The molecule has 19 heavy (non-hydrogen) atoms. The van der Waals surface area contributed by atoms with Crippen LogP contribution in [0.5, 0.6) is 0 Å². The van der Waals surface area contributed by atoms with E-state index in [1.807, 2.05) is 6.92 Å². The Kier molecular flexibility index (Phi) is 6.44. The quantitative estimate of drug-likeness (QED) is 0.743. The van der Waals surface area contributed by atoms with Crippen LogP contribution in [0.1, 0.15) is 19.4 Å². The van der Waals surface area contributed by atoms with Gasteiger partial charge in [-0.1, -0.05) is 12.1 Å². The van der Waals surface area contributed by atoms with Crippen molar-refractivity contribution >= 4 is 10.0 Å². The second kappa shape index (κ2) is 7.59. The number of hydrogen-bond acceptors (Lipinski definition) is 4. The highest BCUT2D eigenvalue weighted by molar-refractivity contribution is 7.89. The zero-order valence-electron chi connectivity index (χ0n) is 11.4. The van der Waals surface area contributed by atoms with E-state index in [2.05, 4.69) is 4.72 Å². The van der Waals surface area contributed by atoms with Crippen LogP contribution in [-0.4, -0.2) is 34.2 Å². The van der Waals surface area contributed by atoms with Crippen LogP contribution in [0.2, 0.25) is 0 Å². The molecule has 1 aromatic carbocycles. The maximum atomic E-state index is 12.1. The zero-order chi connectivity index (χ0) is 14.3. The fourth-order valence-electron chi connectivity index (χ4n) is 1.66. The highest BCUT2D eigenvalue weighted by atomic mass is 32.2. The fourth-order valence-corrected chi connectivity index (χ4v) is 2.89. The molecule has 0 fully saturated rings. The Labute approximate surface area is 115 Å². The van der Waals surface area contributed by atoms with Crippen molar-refractivity contribution in [3.63, 3.8) is 0 Å². The maximum absolute atomic E-state index is 12.1. The van der Waals surface area contributed by atoms with Crippen molar-refractivity contribution in [3.05, 3.63) is 29.8 Å². The van der Waals surface area contributed by atoms with E-state index in [4.69, 9.17) is 10.5 Å². The third kappa shape index (κ3) is 5.28. The normalized spacial score (nSPS) is 13.4. The number of nitrogens with one attached hydrogen (secondary N) is 1. The summed E-state index contributed by atoms with van der Waals surface area (Å²) < 4.78 is 31.9. The van der Waals surface area contributed by atoms with Crippen molar-refractivity contribution in [1.29, 1.82) is 0 Å². The van der Waals surface area contributed by atoms with Gasteiger partial charge in [-0.05, 0) is 44.5 Å². The van der Waals surface area contributed by atoms with Gasteiger partial charge >= 0.3 is 0 Å². The molecule has 1 rings (SSSR count). The molecule has 0 radical (unpaired) electrons. The molecular formula is C13H22N2O3S. The van der Waals surface area contributed by atoms with Crippen molar-refractivity contribution < 1.29 is 13.2 Å². The van der Waals surface area contributed by atoms with E-state index in [-0.39, 0.29) is 10.9 Å². The van der Waals surface area contributed by atoms with Crippen LogP contribution in [0, 0.1) is 0 Å². The fraction of sp³-hybridized carbons (Fsp3) is 0.538. The minimum atomic E-state index is -3.48. The molecule has 0 amide bonds. The van der Waals surface area contributed by atoms with E-state index in [0.29, 0.717) is 19.8 Å². The summed E-state index contributed by atoms with van der Waals surface area (Å²) >= 11 is 0. The third-order valence-corrected chi connectivity index (χ3v) is 4.20. The topological polar surface area (TPSA) is 81.4 Å². The lowest BCUT2D eigenvalue weighted by Gasteiger charge is -2.14. The van der Waals surface area contributed by atoms with Gasteiger partial charge in [0.05, 0.1) is 11.5 Å². The summed E-state index contributed by atoms with van der Waals surface area (Å²) in [5.74, 6) is 0. The number of sulfonamides is 1. The van der Waals surface area contributed by atoms with Gasteiger partial charge in [-0.2, -0.15) is 0 Å². The minimum absolute atomic E-state index is 0.256. The van der Waals surface area contributed by atoms with Gasteiger partial charge in [0.15, 0.2) is 0 Å². The largest absolute Gasteiger partial charge is 0.380 e. The van der Waals surface area contributed by atoms with Crippen molar-refractivity contribution in [3.8, 4) is 0 Å². The molecule has 108 valence electrons. The van der Waals surface area contributed by atoms with E-state index in [0.717, 1.165) is 12.0 Å². The molecule has 0 heterocycles. The van der Waals surface area contributed by atoms with E-state index in [1.165, 1.54) is 0 Å². The van der Waals surface area contributed by atoms with Gasteiger partial charge in [0.2, 0.25) is 10.0 Å². The lowest BCUT2D eigenvalue weighted by Crippen LogP contribution is -2.35. The number of nitrogens with two attached hydrogens (primary N) is 1. The Morgan fingerprint density at radius 3 is 2.47 bits per heavy atom. The van der Waals surface area contributed by atoms with E-state index in [9.17, 15) is 8.42 Å². The molecule has 0 aliphatic heterocycles. The van der Waals surface area contributed by atoms with Crippen molar-refractivity contribution in [2.24, 2.45) is 5.73 Å². The smallest absolute Gasteiger partial charge is 0.240 e. The summed E-state index contributed by atoms with van der Waals surface area (Å²) in [4.78, 5) is 0.261. The van der Waals surface area contributed by atoms with Gasteiger partial charge in [0.25, 0.3) is 0 Å². The number of benzene rings is 1. The number of rotatable bonds is 8. The van der Waals surface area contributed by atoms with Gasteiger partial charge in [-0.25, -0.2) is 13.1 Å². The maximum Gasteiger partial charge on any atom is 0.240 e. The van der Waals surface area contributed by atoms with Crippen LogP contribution >= 0.6 is 0 Å². The lowest BCUT2D eigenvalue weighted by atomic mass is 10.2. The second-order valence-electron chi connectivity index (χ2n) is 4.36. The highest BCUT2D eigenvalue weighted by Gasteiger charge is 2.17. The summed E-state index contributed by atoms with van der Waals surface area (Å²) in [5, 5.41) is 0. The second-order valence-corrected chi connectivity index (χ2v) is 6.08. The van der Waals surface area contributed by atoms with Crippen LogP contribution in [0.3, 0.4) is 0 Å². The van der Waals surface area contributed by atoms with Crippen LogP contribution in [0.15, 0.2) is 29.2 Å². The van der Waals surface area contributed by atoms with Crippen LogP contribution in [0.25, 0.3) is 0 Å². The van der Waals surface area contributed by atoms with Gasteiger partial charge in [-0.15, -0.1) is 0 Å². The molecule has 0 bridgehead atoms. The Balaban J connectivity index is 2.71. The van der Waals surface area contributed by atoms with Crippen LogP contribution < -0.4 is 10.5 Å². The molecule has 3 N–H and O–H groups in total. The zero-order valence-corrected chi connectivity index (χ0v) is 12.2. The molecule has 0 saturated carbocycles. The van der Waals surface area contributed by atoms with Crippen LogP contribution in [0.4, 0.5) is 0 Å². The van der Waals surface area contributed by atoms with Crippen molar-refractivity contribution in [2.45, 2.75) is 31.2 Å². The van der Waals surface area contributed by atoms with Crippen molar-refractivity contribution in [2.75, 3.05) is 19.8 Å². The summed E-state index contributed by atoms with van der Waals surface area (Å²) in [5.41, 5.74) is 6.48. The molecule has 0 aliphatic rings. The molecule has 0 spiro atoms. The summed E-state index contributed by atoms with van der Waals surface area (Å²) in [6.07, 6.45) is 0.745. The Bertz CT molecular complexity index is 471. The standard InChI is InChI=1S/C13H22N2O3S/c1-3-18-10-11(2)15-19(16,17)13-6-4-12(5-7-13)8-9-14/h4-7,11,15H,3,8-10,14H2,1-2H3. The molecule has 1 atom stereocenters. The first-order valence-electron chi connectivity index (χ1n) is 6.38. The Morgan fingerprint density at radius 1 is 1.32 bits per heavy atom. The highest BCUT2D eigenvalue weighted by Crippen LogP contribution is 2.11. The summed E-state index contributed by atoms with van der Waals surface area (Å²) in [7, 11) is -3.48. The van der Waals surface area contributed by atoms with Gasteiger partial charge in [-0.3, -0.25) is 0 Å². The summed E-state index contributed by atoms with van der Waals surface area (Å²) in [6, 6.07) is 6.51. The SMILES string of the molecule is CCOCC(C)NS(=O)(=O)c1ccc(CCN)cc1. The molecule has 6 heteroatoms. The first kappa shape index (κ1) is 16.1. The summed E-state index contributed by atoms with van der Waals surface area (Å²) in [6.45, 7) is 5.13. The van der Waals surface area contributed by atoms with E-state index >= 15 is 0 Å². The van der Waals surface area contributed by atoms with Gasteiger partial charge in [0.1, 0.15) is 0 Å².